The van der Waals surface area contributed by atoms with Crippen molar-refractivity contribution in [3.8, 4) is 11.5 Å². The van der Waals surface area contributed by atoms with E-state index in [2.05, 4.69) is 0 Å². The minimum absolute atomic E-state index is 0.337. The Kier molecular flexibility index (Phi) is 3.68. The minimum Gasteiger partial charge on any atom is -0.486 e. The lowest BCUT2D eigenvalue weighted by molar-refractivity contribution is -0.129. The monoisotopic (exact) mass is 417 g/mol. The molecule has 6 rings (SSSR count). The van der Waals surface area contributed by atoms with E-state index < -0.39 is 35.7 Å². The Balaban J connectivity index is 1.46. The third-order valence-corrected chi connectivity index (χ3v) is 6.54. The van der Waals surface area contributed by atoms with Gasteiger partial charge in [0.1, 0.15) is 19.3 Å². The molecular formula is C23H19N3O5. The van der Waals surface area contributed by atoms with Gasteiger partial charge in [-0.25, -0.2) is 4.90 Å². The number of fused-ring (bicyclic) bond motifs is 6. The molecule has 0 unspecified atom stereocenters. The third-order valence-electron chi connectivity index (χ3n) is 6.54. The summed E-state index contributed by atoms with van der Waals surface area (Å²) in [5.41, 5.74) is 8.01. The summed E-state index contributed by atoms with van der Waals surface area (Å²) in [4.78, 5) is 42.5. The highest BCUT2D eigenvalue weighted by Gasteiger charge is 2.64. The molecule has 3 amide bonds. The van der Waals surface area contributed by atoms with Crippen LogP contribution in [0.5, 0.6) is 11.5 Å². The summed E-state index contributed by atoms with van der Waals surface area (Å²) in [6.07, 6.45) is 3.66. The van der Waals surface area contributed by atoms with E-state index in [-0.39, 0.29) is 5.91 Å². The van der Waals surface area contributed by atoms with Gasteiger partial charge in [-0.15, -0.1) is 0 Å². The highest BCUT2D eigenvalue weighted by molar-refractivity contribution is 6.24. The molecule has 0 spiro atoms. The van der Waals surface area contributed by atoms with E-state index in [0.717, 1.165) is 11.1 Å². The van der Waals surface area contributed by atoms with Crippen molar-refractivity contribution >= 4 is 29.5 Å². The molecule has 0 aromatic heterocycles. The molecule has 2 N–H and O–H groups in total. The van der Waals surface area contributed by atoms with Gasteiger partial charge in [0.05, 0.1) is 23.6 Å². The van der Waals surface area contributed by atoms with Gasteiger partial charge in [0.2, 0.25) is 17.7 Å². The maximum Gasteiger partial charge on any atom is 0.240 e. The Hall–Kier alpha value is -3.81. The van der Waals surface area contributed by atoms with Crippen LogP contribution in [0, 0.1) is 11.8 Å². The van der Waals surface area contributed by atoms with Gasteiger partial charge < -0.3 is 20.1 Å². The number of rotatable bonds is 2. The summed E-state index contributed by atoms with van der Waals surface area (Å²) in [7, 11) is 0. The van der Waals surface area contributed by atoms with Crippen molar-refractivity contribution in [1.29, 1.82) is 0 Å². The number of hydrogen-bond donors (Lipinski definition) is 1. The number of carbonyl (C=O) groups is 3. The van der Waals surface area contributed by atoms with Crippen molar-refractivity contribution in [3.63, 3.8) is 0 Å². The van der Waals surface area contributed by atoms with E-state index in [1.807, 2.05) is 30.3 Å². The maximum atomic E-state index is 13.6. The number of hydrogen-bond acceptors (Lipinski definition) is 6. The second-order valence-corrected chi connectivity index (χ2v) is 8.08. The van der Waals surface area contributed by atoms with Crippen LogP contribution in [-0.2, 0) is 14.4 Å². The fourth-order valence-electron chi connectivity index (χ4n) is 5.31. The minimum atomic E-state index is -0.890. The SMILES string of the molecule is NC(=O)[C@@H]1[C@@H]2C(=O)N(c3ccc4c(c3)OCCO4)C(=O)[C@H]2[C@@H]2c3ccccc3C=CN12. The summed E-state index contributed by atoms with van der Waals surface area (Å²) >= 11 is 0. The maximum absolute atomic E-state index is 13.6. The van der Waals surface area contributed by atoms with Crippen molar-refractivity contribution in [3.05, 3.63) is 59.8 Å². The zero-order valence-corrected chi connectivity index (χ0v) is 16.4. The molecule has 0 bridgehead atoms. The zero-order chi connectivity index (χ0) is 21.3. The van der Waals surface area contributed by atoms with Crippen molar-refractivity contribution in [2.75, 3.05) is 18.1 Å². The normalized spacial score (nSPS) is 27.7. The quantitative estimate of drug-likeness (QED) is 0.743. The number of carbonyl (C=O) groups excluding carboxylic acids is 3. The standard InChI is InChI=1S/C23H19N3O5/c24-21(27)20-18-17(19-14-4-2-1-3-12(14)7-8-25(19)20)22(28)26(23(18)29)13-5-6-15-16(11-13)31-10-9-30-15/h1-8,11,17-20H,9-10H2,(H2,24,27)/t17-,18-,19+,20+/m1/s1. The molecule has 0 aliphatic carbocycles. The molecule has 0 saturated carbocycles. The number of imide groups is 1. The molecule has 8 heteroatoms. The predicted molar refractivity (Wildman–Crippen MR) is 110 cm³/mol. The third kappa shape index (κ3) is 2.38. The van der Waals surface area contributed by atoms with Gasteiger partial charge in [-0.05, 0) is 29.3 Å². The van der Waals surface area contributed by atoms with Gasteiger partial charge in [0.25, 0.3) is 0 Å². The average molecular weight is 417 g/mol. The number of primary amides is 1. The number of amides is 3. The first kappa shape index (κ1) is 18.0. The van der Waals surface area contributed by atoms with Crippen LogP contribution < -0.4 is 20.1 Å². The zero-order valence-electron chi connectivity index (χ0n) is 16.4. The van der Waals surface area contributed by atoms with E-state index in [4.69, 9.17) is 15.2 Å². The van der Waals surface area contributed by atoms with Crippen LogP contribution in [0.3, 0.4) is 0 Å². The summed E-state index contributed by atoms with van der Waals surface area (Å²) < 4.78 is 11.2. The van der Waals surface area contributed by atoms with Crippen LogP contribution in [0.15, 0.2) is 48.7 Å². The largest absolute Gasteiger partial charge is 0.486 e. The molecular weight excluding hydrogens is 398 g/mol. The molecule has 156 valence electrons. The highest BCUT2D eigenvalue weighted by Crippen LogP contribution is 2.53. The Labute approximate surface area is 177 Å². The van der Waals surface area contributed by atoms with Crippen LogP contribution in [0.4, 0.5) is 5.69 Å². The van der Waals surface area contributed by atoms with Crippen LogP contribution >= 0.6 is 0 Å². The molecule has 0 radical (unpaired) electrons. The van der Waals surface area contributed by atoms with Crippen LogP contribution in [0.1, 0.15) is 17.2 Å². The lowest BCUT2D eigenvalue weighted by atomic mass is 9.84. The smallest absolute Gasteiger partial charge is 0.240 e. The molecule has 2 aromatic carbocycles. The first-order chi connectivity index (χ1) is 15.1. The fraction of sp³-hybridized carbons (Fsp3) is 0.261. The predicted octanol–water partition coefficient (Wildman–Crippen LogP) is 1.46. The first-order valence-corrected chi connectivity index (χ1v) is 10.2. The van der Waals surface area contributed by atoms with Crippen molar-refractivity contribution in [2.24, 2.45) is 17.6 Å². The van der Waals surface area contributed by atoms with Gasteiger partial charge in [-0.2, -0.15) is 0 Å². The van der Waals surface area contributed by atoms with Crippen molar-refractivity contribution in [1.82, 2.24) is 4.90 Å². The van der Waals surface area contributed by atoms with Crippen LogP contribution in [0.2, 0.25) is 0 Å². The van der Waals surface area contributed by atoms with E-state index >= 15 is 0 Å². The molecule has 4 heterocycles. The molecule has 31 heavy (non-hydrogen) atoms. The highest BCUT2D eigenvalue weighted by atomic mass is 16.6. The second kappa shape index (κ2) is 6.34. The number of anilines is 1. The molecule has 4 aliphatic heterocycles. The number of benzene rings is 2. The second-order valence-electron chi connectivity index (χ2n) is 8.08. The van der Waals surface area contributed by atoms with Crippen molar-refractivity contribution in [2.45, 2.75) is 12.1 Å². The number of ether oxygens (including phenoxy) is 2. The molecule has 4 aliphatic rings. The van der Waals surface area contributed by atoms with Gasteiger partial charge in [-0.3, -0.25) is 14.4 Å². The van der Waals surface area contributed by atoms with Crippen molar-refractivity contribution < 1.29 is 23.9 Å². The van der Waals surface area contributed by atoms with E-state index in [1.54, 1.807) is 29.3 Å². The Morgan fingerprint density at radius 2 is 1.71 bits per heavy atom. The Bertz CT molecular complexity index is 1180. The fourth-order valence-corrected chi connectivity index (χ4v) is 5.31. The number of nitrogens with zero attached hydrogens (tertiary/aromatic N) is 2. The molecule has 8 nitrogen and oxygen atoms in total. The lowest BCUT2D eigenvalue weighted by Gasteiger charge is -2.34. The Morgan fingerprint density at radius 1 is 0.968 bits per heavy atom. The summed E-state index contributed by atoms with van der Waals surface area (Å²) in [5.74, 6) is -1.87. The molecule has 2 fully saturated rings. The molecule has 2 aromatic rings. The molecule has 2 saturated heterocycles. The van der Waals surface area contributed by atoms with E-state index in [9.17, 15) is 14.4 Å². The van der Waals surface area contributed by atoms with Crippen LogP contribution in [-0.4, -0.2) is 41.9 Å². The van der Waals surface area contributed by atoms with Gasteiger partial charge in [0.15, 0.2) is 11.5 Å². The molecule has 4 atom stereocenters. The van der Waals surface area contributed by atoms with Gasteiger partial charge in [0, 0.05) is 12.3 Å². The van der Waals surface area contributed by atoms with Crippen LogP contribution in [0.25, 0.3) is 6.08 Å². The Morgan fingerprint density at radius 3 is 2.52 bits per heavy atom. The topological polar surface area (TPSA) is 102 Å². The first-order valence-electron chi connectivity index (χ1n) is 10.2. The number of nitrogens with two attached hydrogens (primary N) is 1. The summed E-state index contributed by atoms with van der Waals surface area (Å²) in [6.45, 7) is 0.844. The summed E-state index contributed by atoms with van der Waals surface area (Å²) in [5, 5.41) is 0. The lowest BCUT2D eigenvalue weighted by Crippen LogP contribution is -2.46. The van der Waals surface area contributed by atoms with E-state index in [1.165, 1.54) is 4.90 Å². The van der Waals surface area contributed by atoms with Gasteiger partial charge in [-0.1, -0.05) is 24.3 Å². The van der Waals surface area contributed by atoms with Gasteiger partial charge >= 0.3 is 0 Å². The summed E-state index contributed by atoms with van der Waals surface area (Å²) in [6, 6.07) is 11.4. The average Bonchev–Trinajstić information content (AvgIpc) is 3.26. The van der Waals surface area contributed by atoms with E-state index in [0.29, 0.717) is 30.4 Å².